The fourth-order valence-electron chi connectivity index (χ4n) is 2.81. The van der Waals surface area contributed by atoms with E-state index in [2.05, 4.69) is 20.4 Å². The summed E-state index contributed by atoms with van der Waals surface area (Å²) >= 11 is 0. The second-order valence-corrected chi connectivity index (χ2v) is 5.76. The second-order valence-electron chi connectivity index (χ2n) is 5.76. The van der Waals surface area contributed by atoms with E-state index in [4.69, 9.17) is 9.47 Å². The molecule has 1 saturated carbocycles. The van der Waals surface area contributed by atoms with Crippen molar-refractivity contribution in [1.29, 1.82) is 0 Å². The molecule has 0 aromatic carbocycles. The van der Waals surface area contributed by atoms with E-state index >= 15 is 0 Å². The van der Waals surface area contributed by atoms with Crippen molar-refractivity contribution in [1.82, 2.24) is 0 Å². The highest BCUT2D eigenvalue weighted by Gasteiger charge is 2.61. The summed E-state index contributed by atoms with van der Waals surface area (Å²) in [5, 5.41) is 0. The lowest BCUT2D eigenvalue weighted by Crippen LogP contribution is -2.34. The third kappa shape index (κ3) is 2.39. The number of carbonyl (C=O) groups is 1. The van der Waals surface area contributed by atoms with Crippen LogP contribution in [0.25, 0.3) is 0 Å². The summed E-state index contributed by atoms with van der Waals surface area (Å²) in [5.41, 5.74) is 0.846. The molecule has 0 N–H and O–H groups in total. The SMILES string of the molecule is C=C(C)COC(=O)C1CCC2OC2(C(C)C)C1. The van der Waals surface area contributed by atoms with Crippen molar-refractivity contribution >= 4 is 5.97 Å². The van der Waals surface area contributed by atoms with Crippen LogP contribution < -0.4 is 0 Å². The van der Waals surface area contributed by atoms with Crippen molar-refractivity contribution in [2.75, 3.05) is 6.61 Å². The van der Waals surface area contributed by atoms with Crippen LogP contribution in [0.5, 0.6) is 0 Å². The van der Waals surface area contributed by atoms with E-state index in [0.29, 0.717) is 18.6 Å². The maximum absolute atomic E-state index is 11.9. The zero-order valence-corrected chi connectivity index (χ0v) is 11.0. The zero-order valence-electron chi connectivity index (χ0n) is 11.0. The van der Waals surface area contributed by atoms with Gasteiger partial charge in [-0.2, -0.15) is 0 Å². The third-order valence-corrected chi connectivity index (χ3v) is 3.96. The number of hydrogen-bond acceptors (Lipinski definition) is 3. The van der Waals surface area contributed by atoms with Gasteiger partial charge in [0.15, 0.2) is 0 Å². The Balaban J connectivity index is 1.90. The molecule has 3 atom stereocenters. The highest BCUT2D eigenvalue weighted by Crippen LogP contribution is 2.54. The number of carbonyl (C=O) groups excluding carboxylic acids is 1. The number of fused-ring (bicyclic) bond motifs is 1. The van der Waals surface area contributed by atoms with Crippen LogP contribution in [0, 0.1) is 11.8 Å². The standard InChI is InChI=1S/C14H22O3/c1-9(2)8-16-13(15)11-5-6-12-14(7-11,17-12)10(3)4/h10-12H,1,5-8H2,2-4H3. The molecule has 1 heterocycles. The number of epoxide rings is 1. The maximum Gasteiger partial charge on any atom is 0.309 e. The molecule has 0 bridgehead atoms. The van der Waals surface area contributed by atoms with Crippen molar-refractivity contribution < 1.29 is 14.3 Å². The quantitative estimate of drug-likeness (QED) is 0.429. The van der Waals surface area contributed by atoms with E-state index in [1.807, 2.05) is 6.92 Å². The smallest absolute Gasteiger partial charge is 0.309 e. The van der Waals surface area contributed by atoms with E-state index in [-0.39, 0.29) is 17.5 Å². The van der Waals surface area contributed by atoms with Gasteiger partial charge in [0.05, 0.1) is 17.6 Å². The predicted octanol–water partition coefficient (Wildman–Crippen LogP) is 2.70. The minimum atomic E-state index is -0.0815. The molecule has 0 aromatic heterocycles. The van der Waals surface area contributed by atoms with Crippen LogP contribution in [0.3, 0.4) is 0 Å². The lowest BCUT2D eigenvalue weighted by Gasteiger charge is -2.26. The molecule has 3 nitrogen and oxygen atoms in total. The maximum atomic E-state index is 11.9. The Labute approximate surface area is 103 Å². The van der Waals surface area contributed by atoms with Crippen LogP contribution in [0.2, 0.25) is 0 Å². The molecule has 0 aromatic rings. The number of ether oxygens (including phenoxy) is 2. The predicted molar refractivity (Wildman–Crippen MR) is 65.6 cm³/mol. The first-order chi connectivity index (χ1) is 7.95. The fourth-order valence-corrected chi connectivity index (χ4v) is 2.81. The van der Waals surface area contributed by atoms with Gasteiger partial charge in [-0.05, 0) is 37.7 Å². The average molecular weight is 238 g/mol. The molecule has 0 amide bonds. The van der Waals surface area contributed by atoms with Crippen LogP contribution >= 0.6 is 0 Å². The van der Waals surface area contributed by atoms with Crippen LogP contribution in [-0.4, -0.2) is 24.3 Å². The molecule has 2 rings (SSSR count). The van der Waals surface area contributed by atoms with Crippen molar-refractivity contribution in [3.05, 3.63) is 12.2 Å². The first kappa shape index (κ1) is 12.6. The first-order valence-corrected chi connectivity index (χ1v) is 6.44. The number of hydrogen-bond donors (Lipinski definition) is 0. The van der Waals surface area contributed by atoms with Gasteiger partial charge in [0.25, 0.3) is 0 Å². The topological polar surface area (TPSA) is 38.8 Å². The van der Waals surface area contributed by atoms with E-state index in [9.17, 15) is 4.79 Å². The Bertz CT molecular complexity index is 334. The Kier molecular flexibility index (Phi) is 3.30. The van der Waals surface area contributed by atoms with E-state index in [0.717, 1.165) is 24.8 Å². The summed E-state index contributed by atoms with van der Waals surface area (Å²) in [6.07, 6.45) is 3.09. The molecular formula is C14H22O3. The molecule has 17 heavy (non-hydrogen) atoms. The Hall–Kier alpha value is -0.830. The van der Waals surface area contributed by atoms with Crippen LogP contribution in [-0.2, 0) is 14.3 Å². The Morgan fingerprint density at radius 2 is 2.24 bits per heavy atom. The van der Waals surface area contributed by atoms with Gasteiger partial charge in [0, 0.05) is 0 Å². The molecule has 0 radical (unpaired) electrons. The third-order valence-electron chi connectivity index (χ3n) is 3.96. The molecule has 1 aliphatic heterocycles. The summed E-state index contributed by atoms with van der Waals surface area (Å²) in [4.78, 5) is 11.9. The van der Waals surface area contributed by atoms with Crippen LogP contribution in [0.4, 0.5) is 0 Å². The monoisotopic (exact) mass is 238 g/mol. The average Bonchev–Trinajstić information content (AvgIpc) is 3.00. The normalized spacial score (nSPS) is 35.3. The molecule has 96 valence electrons. The molecule has 1 aliphatic carbocycles. The lowest BCUT2D eigenvalue weighted by atomic mass is 9.76. The second kappa shape index (κ2) is 4.45. The van der Waals surface area contributed by atoms with E-state index < -0.39 is 0 Å². The van der Waals surface area contributed by atoms with Crippen LogP contribution in [0.1, 0.15) is 40.0 Å². The van der Waals surface area contributed by atoms with Gasteiger partial charge in [-0.15, -0.1) is 0 Å². The summed E-state index contributed by atoms with van der Waals surface area (Å²) in [5.74, 6) is 0.404. The summed E-state index contributed by atoms with van der Waals surface area (Å²) in [6.45, 7) is 10.3. The number of rotatable bonds is 4. The molecule has 0 spiro atoms. The molecule has 1 saturated heterocycles. The van der Waals surface area contributed by atoms with Crippen molar-refractivity contribution in [3.8, 4) is 0 Å². The van der Waals surface area contributed by atoms with E-state index in [1.54, 1.807) is 0 Å². The fraction of sp³-hybridized carbons (Fsp3) is 0.786. The van der Waals surface area contributed by atoms with Gasteiger partial charge in [-0.3, -0.25) is 4.79 Å². The Morgan fingerprint density at radius 3 is 2.82 bits per heavy atom. The van der Waals surface area contributed by atoms with Gasteiger partial charge in [0.2, 0.25) is 0 Å². The van der Waals surface area contributed by atoms with E-state index in [1.165, 1.54) is 0 Å². The lowest BCUT2D eigenvalue weighted by molar-refractivity contribution is -0.149. The first-order valence-electron chi connectivity index (χ1n) is 6.44. The van der Waals surface area contributed by atoms with Crippen molar-refractivity contribution in [3.63, 3.8) is 0 Å². The highest BCUT2D eigenvalue weighted by molar-refractivity contribution is 5.73. The molecule has 2 aliphatic rings. The van der Waals surface area contributed by atoms with Gasteiger partial charge < -0.3 is 9.47 Å². The molecule has 3 heteroatoms. The highest BCUT2D eigenvalue weighted by atomic mass is 16.6. The molecule has 2 fully saturated rings. The van der Waals surface area contributed by atoms with Gasteiger partial charge in [-0.1, -0.05) is 20.4 Å². The summed E-state index contributed by atoms with van der Waals surface area (Å²) < 4.78 is 11.0. The van der Waals surface area contributed by atoms with Gasteiger partial charge in [0.1, 0.15) is 6.61 Å². The summed E-state index contributed by atoms with van der Waals surface area (Å²) in [7, 11) is 0. The largest absolute Gasteiger partial charge is 0.461 e. The van der Waals surface area contributed by atoms with Crippen molar-refractivity contribution in [2.24, 2.45) is 11.8 Å². The van der Waals surface area contributed by atoms with Crippen LogP contribution in [0.15, 0.2) is 12.2 Å². The minimum Gasteiger partial charge on any atom is -0.461 e. The minimum absolute atomic E-state index is 0.00972. The van der Waals surface area contributed by atoms with Gasteiger partial charge in [-0.25, -0.2) is 0 Å². The summed E-state index contributed by atoms with van der Waals surface area (Å²) in [6, 6.07) is 0. The molecular weight excluding hydrogens is 216 g/mol. The van der Waals surface area contributed by atoms with Gasteiger partial charge >= 0.3 is 5.97 Å². The molecule has 3 unspecified atom stereocenters. The number of esters is 1. The van der Waals surface area contributed by atoms with Crippen molar-refractivity contribution in [2.45, 2.75) is 51.7 Å². The Morgan fingerprint density at radius 1 is 1.53 bits per heavy atom. The zero-order chi connectivity index (χ0) is 12.6.